The summed E-state index contributed by atoms with van der Waals surface area (Å²) in [5, 5.41) is 8.98. The van der Waals surface area contributed by atoms with Crippen molar-refractivity contribution >= 4 is 22.8 Å². The Balaban J connectivity index is 1.06. The topological polar surface area (TPSA) is 106 Å². The summed E-state index contributed by atoms with van der Waals surface area (Å²) in [5.74, 6) is 1.42. The maximum atomic E-state index is 14.3. The molecule has 10 nitrogen and oxygen atoms in total. The fourth-order valence-electron chi connectivity index (χ4n) is 6.52. The van der Waals surface area contributed by atoms with Crippen molar-refractivity contribution in [3.8, 4) is 11.9 Å². The number of nitrogens with zero attached hydrogens (tertiary/aromatic N) is 6. The number of piperazine rings is 1. The second-order valence-corrected chi connectivity index (χ2v) is 11.6. The number of ether oxygens (including phenoxy) is 3. The number of benzene rings is 2. The van der Waals surface area contributed by atoms with E-state index < -0.39 is 5.82 Å². The molecule has 2 unspecified atom stereocenters. The standard InChI is InChI=1S/C33H33FN6O4/c1-42-33(41)22-7-10-28-29(14-22)40(18-26-11-12-43-26)31(36-28)19-39-24-8-9-25(39)17-38(16-24)30-3-2-4-32(37-30)44-20-23-6-5-21(15-35)13-27(23)34/h2-7,10,13-14,24-26H,8-9,11-12,16-20H2,1H3/t24?,25?,26-/m0/s1. The van der Waals surface area contributed by atoms with Gasteiger partial charge in [-0.1, -0.05) is 12.1 Å². The van der Waals surface area contributed by atoms with Crippen LogP contribution in [0.25, 0.3) is 11.0 Å². The van der Waals surface area contributed by atoms with Crippen molar-refractivity contribution in [1.82, 2.24) is 19.4 Å². The van der Waals surface area contributed by atoms with E-state index in [1.807, 2.05) is 30.3 Å². The summed E-state index contributed by atoms with van der Waals surface area (Å²) in [6.45, 7) is 3.88. The zero-order chi connectivity index (χ0) is 30.2. The number of carbonyl (C=O) groups is 1. The van der Waals surface area contributed by atoms with Gasteiger partial charge in [-0.3, -0.25) is 4.90 Å². The fourth-order valence-corrected chi connectivity index (χ4v) is 6.52. The Labute approximate surface area is 254 Å². The molecule has 3 fully saturated rings. The molecule has 226 valence electrons. The third-order valence-corrected chi connectivity index (χ3v) is 8.98. The molecule has 0 N–H and O–H groups in total. The third kappa shape index (κ3) is 5.47. The number of nitriles is 1. The summed E-state index contributed by atoms with van der Waals surface area (Å²) in [6.07, 6.45) is 3.34. The molecule has 11 heteroatoms. The molecule has 0 spiro atoms. The number of pyridine rings is 1. The molecule has 5 heterocycles. The molecule has 0 amide bonds. The van der Waals surface area contributed by atoms with Crippen LogP contribution >= 0.6 is 0 Å². The lowest BCUT2D eigenvalue weighted by atomic mass is 10.1. The molecule has 4 aromatic rings. The maximum absolute atomic E-state index is 14.3. The Bertz CT molecular complexity index is 1730. The number of hydrogen-bond donors (Lipinski definition) is 0. The number of carbonyl (C=O) groups excluding carboxylic acids is 1. The Kier molecular flexibility index (Phi) is 7.62. The second kappa shape index (κ2) is 11.9. The summed E-state index contributed by atoms with van der Waals surface area (Å²) < 4.78 is 33.1. The van der Waals surface area contributed by atoms with E-state index in [4.69, 9.17) is 29.4 Å². The van der Waals surface area contributed by atoms with Gasteiger partial charge in [0.25, 0.3) is 0 Å². The van der Waals surface area contributed by atoms with Crippen molar-refractivity contribution < 1.29 is 23.4 Å². The van der Waals surface area contributed by atoms with E-state index in [9.17, 15) is 9.18 Å². The van der Waals surface area contributed by atoms with Crippen molar-refractivity contribution in [1.29, 1.82) is 5.26 Å². The zero-order valence-corrected chi connectivity index (χ0v) is 24.5. The summed E-state index contributed by atoms with van der Waals surface area (Å²) in [6, 6.07) is 18.2. The Morgan fingerprint density at radius 1 is 1.09 bits per heavy atom. The Morgan fingerprint density at radius 3 is 2.61 bits per heavy atom. The average Bonchev–Trinajstić information content (AvgIpc) is 3.47. The van der Waals surface area contributed by atoms with Crippen molar-refractivity contribution in [2.45, 2.75) is 57.1 Å². The van der Waals surface area contributed by atoms with Crippen molar-refractivity contribution in [2.24, 2.45) is 0 Å². The van der Waals surface area contributed by atoms with Crippen LogP contribution in [0, 0.1) is 17.1 Å². The van der Waals surface area contributed by atoms with E-state index >= 15 is 0 Å². The molecular formula is C33H33FN6O4. The van der Waals surface area contributed by atoms with E-state index in [1.165, 1.54) is 13.2 Å². The van der Waals surface area contributed by atoms with Gasteiger partial charge in [-0.05, 0) is 55.7 Å². The smallest absolute Gasteiger partial charge is 0.337 e. The van der Waals surface area contributed by atoms with Crippen LogP contribution in [-0.4, -0.2) is 70.4 Å². The van der Waals surface area contributed by atoms with Crippen molar-refractivity contribution in [3.05, 3.63) is 82.9 Å². The van der Waals surface area contributed by atoms with Crippen LogP contribution in [0.1, 0.15) is 46.6 Å². The number of fused-ring (bicyclic) bond motifs is 3. The summed E-state index contributed by atoms with van der Waals surface area (Å²) in [7, 11) is 1.39. The van der Waals surface area contributed by atoms with Gasteiger partial charge in [0.05, 0.1) is 54.5 Å². The normalized spacial score (nSPS) is 21.2. The average molecular weight is 597 g/mol. The van der Waals surface area contributed by atoms with Crippen LogP contribution in [0.2, 0.25) is 0 Å². The fraction of sp³-hybridized carbons (Fsp3) is 0.394. The molecule has 2 aromatic carbocycles. The number of aromatic nitrogens is 3. The van der Waals surface area contributed by atoms with E-state index in [0.717, 1.165) is 61.6 Å². The molecule has 0 saturated carbocycles. The summed E-state index contributed by atoms with van der Waals surface area (Å²) in [5.41, 5.74) is 2.94. The van der Waals surface area contributed by atoms with Gasteiger partial charge < -0.3 is 23.7 Å². The highest BCUT2D eigenvalue weighted by molar-refractivity contribution is 5.93. The molecule has 0 radical (unpaired) electrons. The van der Waals surface area contributed by atoms with Crippen molar-refractivity contribution in [2.75, 3.05) is 31.7 Å². The minimum absolute atomic E-state index is 0.0288. The van der Waals surface area contributed by atoms with Gasteiger partial charge in [0.2, 0.25) is 5.88 Å². The minimum atomic E-state index is -0.467. The molecule has 0 aliphatic carbocycles. The number of hydrogen-bond acceptors (Lipinski definition) is 9. The van der Waals surface area contributed by atoms with Crippen LogP contribution in [0.5, 0.6) is 5.88 Å². The lowest BCUT2D eigenvalue weighted by Crippen LogP contribution is -2.53. The molecule has 3 atom stereocenters. The molecule has 2 bridgehead atoms. The van der Waals surface area contributed by atoms with Gasteiger partial charge in [-0.15, -0.1) is 0 Å². The van der Waals surface area contributed by atoms with E-state index in [2.05, 4.69) is 14.4 Å². The SMILES string of the molecule is COC(=O)c1ccc2nc(CN3C4CCC3CN(c3cccc(OCc5ccc(C#N)cc5F)n3)C4)n(C[C@@H]3CCO3)c2c1. The number of halogens is 1. The molecule has 3 saturated heterocycles. The van der Waals surface area contributed by atoms with E-state index in [0.29, 0.717) is 42.2 Å². The highest BCUT2D eigenvalue weighted by Crippen LogP contribution is 2.34. The predicted molar refractivity (Wildman–Crippen MR) is 160 cm³/mol. The monoisotopic (exact) mass is 596 g/mol. The molecular weight excluding hydrogens is 563 g/mol. The highest BCUT2D eigenvalue weighted by Gasteiger charge is 2.41. The van der Waals surface area contributed by atoms with Crippen LogP contribution in [0.4, 0.5) is 10.2 Å². The first-order chi connectivity index (χ1) is 21.5. The number of anilines is 1. The highest BCUT2D eigenvalue weighted by atomic mass is 19.1. The third-order valence-electron chi connectivity index (χ3n) is 8.98. The summed E-state index contributed by atoms with van der Waals surface area (Å²) >= 11 is 0. The molecule has 44 heavy (non-hydrogen) atoms. The van der Waals surface area contributed by atoms with Gasteiger partial charge in [-0.25, -0.2) is 14.2 Å². The number of methoxy groups -OCH3 is 1. The number of imidazole rings is 1. The van der Waals surface area contributed by atoms with Gasteiger partial charge in [0.15, 0.2) is 0 Å². The lowest BCUT2D eigenvalue weighted by Gasteiger charge is -2.41. The first-order valence-electron chi connectivity index (χ1n) is 15.0. The van der Waals surface area contributed by atoms with E-state index in [-0.39, 0.29) is 24.2 Å². The van der Waals surface area contributed by atoms with Gasteiger partial charge in [0, 0.05) is 43.4 Å². The number of rotatable bonds is 9. The predicted octanol–water partition coefficient (Wildman–Crippen LogP) is 4.45. The molecule has 3 aliphatic rings. The lowest BCUT2D eigenvalue weighted by molar-refractivity contribution is -0.0592. The van der Waals surface area contributed by atoms with Gasteiger partial charge >= 0.3 is 5.97 Å². The first-order valence-corrected chi connectivity index (χ1v) is 15.0. The first kappa shape index (κ1) is 28.3. The molecule has 2 aromatic heterocycles. The Hall–Kier alpha value is -4.53. The maximum Gasteiger partial charge on any atom is 0.337 e. The second-order valence-electron chi connectivity index (χ2n) is 11.6. The van der Waals surface area contributed by atoms with Crippen LogP contribution in [0.15, 0.2) is 54.6 Å². The minimum Gasteiger partial charge on any atom is -0.473 e. The largest absolute Gasteiger partial charge is 0.473 e. The quantitative estimate of drug-likeness (QED) is 0.259. The van der Waals surface area contributed by atoms with Crippen LogP contribution in [0.3, 0.4) is 0 Å². The Morgan fingerprint density at radius 2 is 1.91 bits per heavy atom. The van der Waals surface area contributed by atoms with Gasteiger partial charge in [-0.2, -0.15) is 10.2 Å². The number of esters is 1. The van der Waals surface area contributed by atoms with Crippen LogP contribution < -0.4 is 9.64 Å². The molecule has 7 rings (SSSR count). The summed E-state index contributed by atoms with van der Waals surface area (Å²) in [4.78, 5) is 26.9. The van der Waals surface area contributed by atoms with Crippen LogP contribution in [-0.2, 0) is 29.2 Å². The van der Waals surface area contributed by atoms with Crippen molar-refractivity contribution in [3.63, 3.8) is 0 Å². The molecule has 3 aliphatic heterocycles. The zero-order valence-electron chi connectivity index (χ0n) is 24.5. The van der Waals surface area contributed by atoms with Gasteiger partial charge in [0.1, 0.15) is 24.1 Å². The van der Waals surface area contributed by atoms with E-state index in [1.54, 1.807) is 24.3 Å².